The summed E-state index contributed by atoms with van der Waals surface area (Å²) in [6.07, 6.45) is 6.23. The van der Waals surface area contributed by atoms with E-state index in [4.69, 9.17) is 4.74 Å². The third kappa shape index (κ3) is 3.29. The number of carbonyl (C=O) groups excluding carboxylic acids is 1. The molecule has 2 heteroatoms. The molecule has 1 aromatic carbocycles. The first-order valence-corrected chi connectivity index (χ1v) is 7.98. The van der Waals surface area contributed by atoms with Gasteiger partial charge >= 0.3 is 0 Å². The van der Waals surface area contributed by atoms with Gasteiger partial charge in [-0.05, 0) is 49.5 Å². The molecule has 0 spiro atoms. The molecule has 3 rings (SSSR count). The van der Waals surface area contributed by atoms with Gasteiger partial charge in [0.25, 0.3) is 0 Å². The number of hydrogen-bond donors (Lipinski definition) is 0. The smallest absolute Gasteiger partial charge is 0.136 e. The van der Waals surface area contributed by atoms with Gasteiger partial charge in [-0.2, -0.15) is 0 Å². The van der Waals surface area contributed by atoms with Crippen molar-refractivity contribution in [3.05, 3.63) is 35.9 Å². The van der Waals surface area contributed by atoms with Crippen LogP contribution in [0.25, 0.3) is 0 Å². The molecule has 1 aromatic rings. The third-order valence-corrected chi connectivity index (χ3v) is 4.99. The van der Waals surface area contributed by atoms with Crippen molar-refractivity contribution in [1.29, 1.82) is 0 Å². The Hall–Kier alpha value is -1.15. The number of ketones is 1. The van der Waals surface area contributed by atoms with E-state index in [1.54, 1.807) is 0 Å². The van der Waals surface area contributed by atoms with E-state index in [2.05, 4.69) is 30.3 Å². The second-order valence-corrected chi connectivity index (χ2v) is 6.34. The average Bonchev–Trinajstić information content (AvgIpc) is 2.51. The molecule has 108 valence electrons. The fraction of sp³-hybridized carbons (Fsp3) is 0.611. The Bertz CT molecular complexity index is 434. The Morgan fingerprint density at radius 2 is 1.80 bits per heavy atom. The lowest BCUT2D eigenvalue weighted by Gasteiger charge is -2.32. The molecule has 0 radical (unpaired) electrons. The van der Waals surface area contributed by atoms with E-state index in [-0.39, 0.29) is 5.92 Å². The van der Waals surface area contributed by atoms with Crippen LogP contribution in [-0.4, -0.2) is 19.0 Å². The van der Waals surface area contributed by atoms with Crippen LogP contribution in [0.4, 0.5) is 0 Å². The van der Waals surface area contributed by atoms with Gasteiger partial charge in [0.05, 0.1) is 0 Å². The highest BCUT2D eigenvalue weighted by molar-refractivity contribution is 5.82. The molecule has 2 atom stereocenters. The summed E-state index contributed by atoms with van der Waals surface area (Å²) in [6, 6.07) is 10.7. The minimum Gasteiger partial charge on any atom is -0.381 e. The van der Waals surface area contributed by atoms with E-state index < -0.39 is 0 Å². The van der Waals surface area contributed by atoms with Gasteiger partial charge in [0.2, 0.25) is 0 Å². The monoisotopic (exact) mass is 272 g/mol. The number of carbonyl (C=O) groups is 1. The first kappa shape index (κ1) is 13.8. The molecule has 0 aromatic heterocycles. The van der Waals surface area contributed by atoms with E-state index in [1.807, 2.05) is 0 Å². The Kier molecular flexibility index (Phi) is 4.51. The van der Waals surface area contributed by atoms with Gasteiger partial charge in [-0.1, -0.05) is 30.3 Å². The van der Waals surface area contributed by atoms with E-state index in [9.17, 15) is 4.79 Å². The van der Waals surface area contributed by atoms with Crippen molar-refractivity contribution >= 4 is 5.78 Å². The Morgan fingerprint density at radius 3 is 2.55 bits per heavy atom. The normalized spacial score (nSPS) is 28.5. The Balaban J connectivity index is 1.62. The topological polar surface area (TPSA) is 26.3 Å². The lowest BCUT2D eigenvalue weighted by Crippen LogP contribution is -2.28. The van der Waals surface area contributed by atoms with Crippen LogP contribution in [0.1, 0.15) is 50.0 Å². The molecule has 1 saturated carbocycles. The Labute approximate surface area is 121 Å². The summed E-state index contributed by atoms with van der Waals surface area (Å²) in [7, 11) is 0. The van der Waals surface area contributed by atoms with E-state index in [1.165, 1.54) is 5.56 Å². The van der Waals surface area contributed by atoms with E-state index in [0.29, 0.717) is 17.6 Å². The zero-order valence-corrected chi connectivity index (χ0v) is 12.1. The van der Waals surface area contributed by atoms with Gasteiger partial charge in [0, 0.05) is 25.6 Å². The molecular formula is C18H24O2. The predicted octanol–water partition coefficient (Wildman–Crippen LogP) is 3.96. The summed E-state index contributed by atoms with van der Waals surface area (Å²) in [5.74, 6) is 2.08. The minimum absolute atomic E-state index is 0.289. The molecule has 0 N–H and O–H groups in total. The summed E-state index contributed by atoms with van der Waals surface area (Å²) in [5.41, 5.74) is 1.41. The second kappa shape index (κ2) is 6.53. The zero-order valence-electron chi connectivity index (χ0n) is 12.1. The van der Waals surface area contributed by atoms with Crippen LogP contribution in [0.2, 0.25) is 0 Å². The number of benzene rings is 1. The summed E-state index contributed by atoms with van der Waals surface area (Å²) in [5, 5.41) is 0. The zero-order chi connectivity index (χ0) is 13.8. The molecular weight excluding hydrogens is 248 g/mol. The van der Waals surface area contributed by atoms with Gasteiger partial charge in [0.15, 0.2) is 0 Å². The van der Waals surface area contributed by atoms with Gasteiger partial charge < -0.3 is 4.74 Å². The van der Waals surface area contributed by atoms with Gasteiger partial charge in [-0.15, -0.1) is 0 Å². The lowest BCUT2D eigenvalue weighted by atomic mass is 9.73. The molecule has 2 aliphatic rings. The highest BCUT2D eigenvalue weighted by Gasteiger charge is 2.31. The van der Waals surface area contributed by atoms with E-state index >= 15 is 0 Å². The average molecular weight is 272 g/mol. The first-order chi connectivity index (χ1) is 9.83. The molecule has 1 aliphatic carbocycles. The van der Waals surface area contributed by atoms with Crippen LogP contribution in [-0.2, 0) is 9.53 Å². The van der Waals surface area contributed by atoms with Crippen molar-refractivity contribution in [2.24, 2.45) is 11.8 Å². The van der Waals surface area contributed by atoms with Crippen LogP contribution in [0.15, 0.2) is 30.3 Å². The molecule has 2 fully saturated rings. The molecule has 2 unspecified atom stereocenters. The fourth-order valence-corrected chi connectivity index (χ4v) is 3.75. The highest BCUT2D eigenvalue weighted by atomic mass is 16.5. The van der Waals surface area contributed by atoms with Crippen molar-refractivity contribution in [3.63, 3.8) is 0 Å². The lowest BCUT2D eigenvalue weighted by molar-refractivity contribution is -0.125. The molecule has 2 nitrogen and oxygen atoms in total. The van der Waals surface area contributed by atoms with Gasteiger partial charge in [-0.25, -0.2) is 0 Å². The van der Waals surface area contributed by atoms with Gasteiger partial charge in [0.1, 0.15) is 5.78 Å². The summed E-state index contributed by atoms with van der Waals surface area (Å²) < 4.78 is 5.42. The predicted molar refractivity (Wildman–Crippen MR) is 79.7 cm³/mol. The number of Topliss-reactive ketones (excluding diaryl/α,β-unsaturated/α-hetero) is 1. The van der Waals surface area contributed by atoms with Crippen molar-refractivity contribution in [3.8, 4) is 0 Å². The van der Waals surface area contributed by atoms with Crippen molar-refractivity contribution < 1.29 is 9.53 Å². The molecule has 0 amide bonds. The highest BCUT2D eigenvalue weighted by Crippen LogP contribution is 2.38. The van der Waals surface area contributed by atoms with Crippen LogP contribution in [0.5, 0.6) is 0 Å². The van der Waals surface area contributed by atoms with E-state index in [0.717, 1.165) is 51.7 Å². The van der Waals surface area contributed by atoms with Crippen molar-refractivity contribution in [2.45, 2.75) is 44.4 Å². The maximum Gasteiger partial charge on any atom is 0.136 e. The fourth-order valence-electron chi connectivity index (χ4n) is 3.75. The van der Waals surface area contributed by atoms with Crippen molar-refractivity contribution in [2.75, 3.05) is 13.2 Å². The SMILES string of the molecule is O=C1CCC(c2ccccc2)CC1CC1CCOCC1. The molecule has 0 bridgehead atoms. The molecule has 1 heterocycles. The number of hydrogen-bond acceptors (Lipinski definition) is 2. The first-order valence-electron chi connectivity index (χ1n) is 7.98. The maximum absolute atomic E-state index is 12.2. The third-order valence-electron chi connectivity index (χ3n) is 4.99. The largest absolute Gasteiger partial charge is 0.381 e. The number of rotatable bonds is 3. The molecule has 20 heavy (non-hydrogen) atoms. The quantitative estimate of drug-likeness (QED) is 0.832. The number of ether oxygens (including phenoxy) is 1. The second-order valence-electron chi connectivity index (χ2n) is 6.34. The molecule has 1 saturated heterocycles. The van der Waals surface area contributed by atoms with Crippen LogP contribution >= 0.6 is 0 Å². The van der Waals surface area contributed by atoms with Crippen molar-refractivity contribution in [1.82, 2.24) is 0 Å². The standard InChI is InChI=1S/C18H24O2/c19-18-7-6-16(15-4-2-1-3-5-15)13-17(18)12-14-8-10-20-11-9-14/h1-5,14,16-17H,6-13H2. The summed E-state index contributed by atoms with van der Waals surface area (Å²) in [6.45, 7) is 1.77. The van der Waals surface area contributed by atoms with Crippen LogP contribution in [0.3, 0.4) is 0 Å². The van der Waals surface area contributed by atoms with Crippen LogP contribution in [0, 0.1) is 11.8 Å². The maximum atomic E-state index is 12.2. The molecule has 1 aliphatic heterocycles. The minimum atomic E-state index is 0.289. The Morgan fingerprint density at radius 1 is 1.05 bits per heavy atom. The summed E-state index contributed by atoms with van der Waals surface area (Å²) >= 11 is 0. The van der Waals surface area contributed by atoms with Gasteiger partial charge in [-0.3, -0.25) is 4.79 Å². The summed E-state index contributed by atoms with van der Waals surface area (Å²) in [4.78, 5) is 12.2. The van der Waals surface area contributed by atoms with Crippen LogP contribution < -0.4 is 0 Å².